The van der Waals surface area contributed by atoms with E-state index in [2.05, 4.69) is 12.2 Å². The van der Waals surface area contributed by atoms with Crippen LogP contribution in [0.5, 0.6) is 11.5 Å². The summed E-state index contributed by atoms with van der Waals surface area (Å²) in [5, 5.41) is 3.03. The molecule has 0 aromatic heterocycles. The van der Waals surface area contributed by atoms with Crippen molar-refractivity contribution in [2.24, 2.45) is 17.8 Å². The summed E-state index contributed by atoms with van der Waals surface area (Å²) >= 11 is 0. The molecule has 6 nitrogen and oxygen atoms in total. The first-order valence-electron chi connectivity index (χ1n) is 10.1. The van der Waals surface area contributed by atoms with Gasteiger partial charge in [0, 0.05) is 32.0 Å². The van der Waals surface area contributed by atoms with Crippen molar-refractivity contribution in [1.29, 1.82) is 0 Å². The molecule has 146 valence electrons. The number of amides is 2. The predicted octanol–water partition coefficient (Wildman–Crippen LogP) is 2.71. The molecule has 6 heteroatoms. The first-order chi connectivity index (χ1) is 13.1. The molecule has 1 N–H and O–H groups in total. The van der Waals surface area contributed by atoms with Crippen LogP contribution in [0, 0.1) is 17.8 Å². The first-order valence-corrected chi connectivity index (χ1v) is 10.1. The Balaban J connectivity index is 1.26. The van der Waals surface area contributed by atoms with Gasteiger partial charge in [-0.3, -0.25) is 9.59 Å². The number of carbonyl (C=O) groups is 2. The van der Waals surface area contributed by atoms with E-state index in [1.807, 2.05) is 23.1 Å². The molecule has 2 heterocycles. The monoisotopic (exact) mass is 372 g/mol. The summed E-state index contributed by atoms with van der Waals surface area (Å²) < 4.78 is 10.7. The summed E-state index contributed by atoms with van der Waals surface area (Å²) in [5.41, 5.74) is 1.00. The molecule has 1 aliphatic carbocycles. The van der Waals surface area contributed by atoms with E-state index < -0.39 is 0 Å². The van der Waals surface area contributed by atoms with Crippen LogP contribution in [-0.2, 0) is 16.1 Å². The van der Waals surface area contributed by atoms with E-state index in [1.54, 1.807) is 0 Å². The van der Waals surface area contributed by atoms with Crippen LogP contribution in [0.2, 0.25) is 0 Å². The van der Waals surface area contributed by atoms with E-state index in [-0.39, 0.29) is 18.6 Å². The number of ether oxygens (including phenoxy) is 2. The number of fused-ring (bicyclic) bond motifs is 1. The number of likely N-dealkylation sites (tertiary alicyclic amines) is 1. The van der Waals surface area contributed by atoms with E-state index in [0.717, 1.165) is 55.8 Å². The molecular weight excluding hydrogens is 344 g/mol. The summed E-state index contributed by atoms with van der Waals surface area (Å²) in [6.45, 7) is 4.52. The van der Waals surface area contributed by atoms with Crippen LogP contribution in [0.1, 0.15) is 44.6 Å². The summed E-state index contributed by atoms with van der Waals surface area (Å²) in [6.07, 6.45) is 4.58. The molecule has 0 spiro atoms. The Kier molecular flexibility index (Phi) is 5.23. The minimum absolute atomic E-state index is 0.0816. The molecule has 2 aliphatic heterocycles. The fourth-order valence-electron chi connectivity index (χ4n) is 4.16. The van der Waals surface area contributed by atoms with Crippen LogP contribution in [0.4, 0.5) is 0 Å². The van der Waals surface area contributed by atoms with Crippen LogP contribution in [-0.4, -0.2) is 36.6 Å². The maximum atomic E-state index is 12.5. The Morgan fingerprint density at radius 3 is 2.74 bits per heavy atom. The molecule has 2 amide bonds. The van der Waals surface area contributed by atoms with Crippen molar-refractivity contribution in [3.63, 3.8) is 0 Å². The van der Waals surface area contributed by atoms with Crippen molar-refractivity contribution in [3.8, 4) is 11.5 Å². The van der Waals surface area contributed by atoms with E-state index in [9.17, 15) is 9.59 Å². The third-order valence-electron chi connectivity index (χ3n) is 6.03. The molecule has 1 aromatic carbocycles. The Bertz CT molecular complexity index is 716. The highest BCUT2D eigenvalue weighted by atomic mass is 16.7. The Labute approximate surface area is 160 Å². The Morgan fingerprint density at radius 1 is 1.15 bits per heavy atom. The molecule has 4 rings (SSSR count). The zero-order chi connectivity index (χ0) is 18.8. The Hall–Kier alpha value is -2.24. The van der Waals surface area contributed by atoms with E-state index in [0.29, 0.717) is 30.7 Å². The van der Waals surface area contributed by atoms with Crippen LogP contribution >= 0.6 is 0 Å². The number of nitrogens with one attached hydrogen (secondary N) is 1. The van der Waals surface area contributed by atoms with Gasteiger partial charge in [-0.1, -0.05) is 19.4 Å². The maximum absolute atomic E-state index is 12.5. The highest BCUT2D eigenvalue weighted by Gasteiger charge is 2.37. The van der Waals surface area contributed by atoms with Gasteiger partial charge in [-0.25, -0.2) is 0 Å². The van der Waals surface area contributed by atoms with Gasteiger partial charge in [0.1, 0.15) is 0 Å². The molecule has 0 bridgehead atoms. The minimum atomic E-state index is 0.0816. The van der Waals surface area contributed by atoms with Gasteiger partial charge in [0.05, 0.1) is 0 Å². The highest BCUT2D eigenvalue weighted by molar-refractivity contribution is 5.81. The average Bonchev–Trinajstić information content (AvgIpc) is 3.43. The second-order valence-corrected chi connectivity index (χ2v) is 7.94. The Morgan fingerprint density at radius 2 is 1.96 bits per heavy atom. The zero-order valence-corrected chi connectivity index (χ0v) is 15.9. The topological polar surface area (TPSA) is 67.9 Å². The zero-order valence-electron chi connectivity index (χ0n) is 15.9. The number of piperidine rings is 1. The number of nitrogens with zero attached hydrogens (tertiary/aromatic N) is 1. The van der Waals surface area contributed by atoms with Crippen LogP contribution < -0.4 is 14.8 Å². The second-order valence-electron chi connectivity index (χ2n) is 7.94. The molecule has 0 unspecified atom stereocenters. The summed E-state index contributed by atoms with van der Waals surface area (Å²) in [6, 6.07) is 5.74. The number of benzene rings is 1. The molecular formula is C21H28N2O4. The smallest absolute Gasteiger partial charge is 0.231 e. The van der Waals surface area contributed by atoms with Crippen molar-refractivity contribution in [2.45, 2.75) is 45.6 Å². The predicted molar refractivity (Wildman–Crippen MR) is 100 cm³/mol. The third kappa shape index (κ3) is 4.20. The van der Waals surface area contributed by atoms with Crippen molar-refractivity contribution < 1.29 is 19.1 Å². The second kappa shape index (κ2) is 7.79. The lowest BCUT2D eigenvalue weighted by Gasteiger charge is -2.38. The fraction of sp³-hybridized carbons (Fsp3) is 0.619. The van der Waals surface area contributed by atoms with Gasteiger partial charge in [0.15, 0.2) is 11.5 Å². The first kappa shape index (κ1) is 18.1. The van der Waals surface area contributed by atoms with E-state index in [1.165, 1.54) is 0 Å². The quantitative estimate of drug-likeness (QED) is 0.834. The lowest BCUT2D eigenvalue weighted by molar-refractivity contribution is -0.135. The van der Waals surface area contributed by atoms with Crippen molar-refractivity contribution >= 4 is 11.8 Å². The van der Waals surface area contributed by atoms with Crippen molar-refractivity contribution in [2.75, 3.05) is 19.9 Å². The van der Waals surface area contributed by atoms with Crippen LogP contribution in [0.15, 0.2) is 18.2 Å². The summed E-state index contributed by atoms with van der Waals surface area (Å²) in [7, 11) is 0. The number of rotatable bonds is 6. The minimum Gasteiger partial charge on any atom is -0.454 e. The van der Waals surface area contributed by atoms with Crippen LogP contribution in [0.25, 0.3) is 0 Å². The van der Waals surface area contributed by atoms with Gasteiger partial charge in [0.2, 0.25) is 18.6 Å². The van der Waals surface area contributed by atoms with Gasteiger partial charge in [-0.15, -0.1) is 0 Å². The molecule has 3 aliphatic rings. The standard InChI is InChI=1S/C21H28N2O4/c1-2-15-12-23(21(25)16-4-5-16)8-7-17(15)10-20(24)22-11-14-3-6-18-19(9-14)27-13-26-18/h3,6,9,15-17H,2,4-5,7-8,10-13H2,1H3,(H,22,24)/t15-,17+/m1/s1. The number of hydrogen-bond acceptors (Lipinski definition) is 4. The van der Waals surface area contributed by atoms with Gasteiger partial charge in [-0.2, -0.15) is 0 Å². The fourth-order valence-corrected chi connectivity index (χ4v) is 4.16. The molecule has 2 atom stereocenters. The summed E-state index contributed by atoms with van der Waals surface area (Å²) in [4.78, 5) is 26.8. The average molecular weight is 372 g/mol. The van der Waals surface area contributed by atoms with Crippen LogP contribution in [0.3, 0.4) is 0 Å². The normalized spacial score (nSPS) is 24.0. The lowest BCUT2D eigenvalue weighted by Crippen LogP contribution is -2.45. The van der Waals surface area contributed by atoms with Gasteiger partial charge in [-0.05, 0) is 48.8 Å². The van der Waals surface area contributed by atoms with Gasteiger partial charge >= 0.3 is 0 Å². The molecule has 27 heavy (non-hydrogen) atoms. The number of carbonyl (C=O) groups excluding carboxylic acids is 2. The van der Waals surface area contributed by atoms with E-state index >= 15 is 0 Å². The molecule has 0 radical (unpaired) electrons. The van der Waals surface area contributed by atoms with E-state index in [4.69, 9.17) is 9.47 Å². The van der Waals surface area contributed by atoms with Crippen molar-refractivity contribution in [3.05, 3.63) is 23.8 Å². The maximum Gasteiger partial charge on any atom is 0.231 e. The van der Waals surface area contributed by atoms with Gasteiger partial charge in [0.25, 0.3) is 0 Å². The largest absolute Gasteiger partial charge is 0.454 e. The lowest BCUT2D eigenvalue weighted by atomic mass is 9.81. The highest BCUT2D eigenvalue weighted by Crippen LogP contribution is 2.35. The third-order valence-corrected chi connectivity index (χ3v) is 6.03. The molecule has 1 saturated carbocycles. The molecule has 1 saturated heterocycles. The van der Waals surface area contributed by atoms with Gasteiger partial charge < -0.3 is 19.7 Å². The number of hydrogen-bond donors (Lipinski definition) is 1. The SMILES string of the molecule is CC[C@@H]1CN(C(=O)C2CC2)CC[C@H]1CC(=O)NCc1ccc2c(c1)OCO2. The molecule has 1 aromatic rings. The van der Waals surface area contributed by atoms with Crippen molar-refractivity contribution in [1.82, 2.24) is 10.2 Å². The molecule has 2 fully saturated rings. The summed E-state index contributed by atoms with van der Waals surface area (Å²) in [5.74, 6) is 2.96.